The van der Waals surface area contributed by atoms with Crippen LogP contribution >= 0.6 is 0 Å². The Balaban J connectivity index is 1.09. The Kier molecular flexibility index (Phi) is 12.6. The predicted molar refractivity (Wildman–Crippen MR) is 250 cm³/mol. The van der Waals surface area contributed by atoms with Crippen molar-refractivity contribution in [3.63, 3.8) is 0 Å². The van der Waals surface area contributed by atoms with Crippen LogP contribution in [0, 0.1) is 0 Å². The maximum absolute atomic E-state index is 13.8. The van der Waals surface area contributed by atoms with Gasteiger partial charge in [0.05, 0.1) is 48.4 Å². The number of likely N-dealkylation sites (tertiary alicyclic amines) is 2. The Morgan fingerprint density at radius 2 is 1.03 bits per heavy atom. The molecule has 3 fully saturated rings. The Labute approximate surface area is 380 Å². The molecule has 342 valence electrons. The van der Waals surface area contributed by atoms with Gasteiger partial charge in [0.2, 0.25) is 0 Å². The van der Waals surface area contributed by atoms with Gasteiger partial charge in [0.25, 0.3) is 11.8 Å². The number of allylic oxidation sites excluding steroid dienone is 2. The van der Waals surface area contributed by atoms with Crippen LogP contribution in [0.25, 0.3) is 22.1 Å². The van der Waals surface area contributed by atoms with E-state index in [9.17, 15) is 19.2 Å². The molecule has 0 bridgehead atoms. The Bertz CT molecular complexity index is 2540. The normalized spacial score (nSPS) is 20.0. The fourth-order valence-electron chi connectivity index (χ4n) is 10.3. The quantitative estimate of drug-likeness (QED) is 0.106. The van der Waals surface area contributed by atoms with E-state index in [2.05, 4.69) is 102 Å². The fourth-order valence-corrected chi connectivity index (χ4v) is 10.3. The molecule has 8 rings (SSSR count). The third-order valence-corrected chi connectivity index (χ3v) is 13.6. The van der Waals surface area contributed by atoms with Gasteiger partial charge in [-0.05, 0) is 147 Å². The number of amides is 4. The maximum Gasteiger partial charge on any atom is 0.411 e. The van der Waals surface area contributed by atoms with Crippen molar-refractivity contribution >= 4 is 46.1 Å². The minimum atomic E-state index is -0.678. The lowest BCUT2D eigenvalue weighted by molar-refractivity contribution is -0.129. The number of fused-ring (bicyclic) bond motifs is 2. The molecule has 0 spiro atoms. The summed E-state index contributed by atoms with van der Waals surface area (Å²) in [6, 6.07) is 21.8. The summed E-state index contributed by atoms with van der Waals surface area (Å²) in [5.41, 5.74) is 10.5. The van der Waals surface area contributed by atoms with Crippen molar-refractivity contribution < 1.29 is 28.7 Å². The Morgan fingerprint density at radius 1 is 0.615 bits per heavy atom. The van der Waals surface area contributed by atoms with Gasteiger partial charge in [-0.2, -0.15) is 0 Å². The number of nitrogens with one attached hydrogen (secondary N) is 4. The van der Waals surface area contributed by atoms with E-state index in [1.807, 2.05) is 0 Å². The maximum atomic E-state index is 13.8. The van der Waals surface area contributed by atoms with Crippen LogP contribution in [0.4, 0.5) is 9.59 Å². The van der Waals surface area contributed by atoms with Gasteiger partial charge < -0.3 is 29.2 Å². The van der Waals surface area contributed by atoms with Crippen LogP contribution in [0.15, 0.2) is 83.2 Å². The second kappa shape index (κ2) is 18.2. The molecule has 2 aromatic heterocycles. The first-order chi connectivity index (χ1) is 31.1. The van der Waals surface area contributed by atoms with Crippen molar-refractivity contribution in [1.29, 1.82) is 0 Å². The van der Waals surface area contributed by atoms with Crippen LogP contribution in [0.3, 0.4) is 0 Å². The first-order valence-corrected chi connectivity index (χ1v) is 22.8. The van der Waals surface area contributed by atoms with Crippen molar-refractivity contribution in [1.82, 2.24) is 40.4 Å². The molecule has 3 aliphatic rings. The molecule has 5 aromatic rings. The molecule has 14 nitrogen and oxygen atoms in total. The van der Waals surface area contributed by atoms with Gasteiger partial charge in [-0.3, -0.25) is 20.2 Å². The van der Waals surface area contributed by atoms with Gasteiger partial charge in [-0.15, -0.1) is 0 Å². The van der Waals surface area contributed by atoms with E-state index in [1.54, 1.807) is 37.5 Å². The molecule has 4 amide bonds. The van der Waals surface area contributed by atoms with E-state index in [0.717, 1.165) is 72.2 Å². The topological polar surface area (TPSA) is 175 Å². The average Bonchev–Trinajstić information content (AvgIpc) is 4.14. The molecular weight excluding hydrogens is 821 g/mol. The number of benzene rings is 3. The highest BCUT2D eigenvalue weighted by atomic mass is 16.5. The summed E-state index contributed by atoms with van der Waals surface area (Å²) in [4.78, 5) is 72.8. The van der Waals surface area contributed by atoms with Crippen molar-refractivity contribution in [3.8, 4) is 0 Å². The summed E-state index contributed by atoms with van der Waals surface area (Å²) >= 11 is 0. The van der Waals surface area contributed by atoms with Crippen LogP contribution in [0.1, 0.15) is 151 Å². The predicted octanol–water partition coefficient (Wildman–Crippen LogP) is 9.81. The van der Waals surface area contributed by atoms with E-state index >= 15 is 0 Å². The van der Waals surface area contributed by atoms with Crippen LogP contribution in [-0.2, 0) is 24.5 Å². The highest BCUT2D eigenvalue weighted by Gasteiger charge is 2.41. The SMILES string of the molecule is COC(=O)NC(C(=O)N1CCC[C@H]1c1nc2ccc([C@@H]3CC[C@@H](c4ccc5nc([C@@H]6CCCN6C(=O)C(NC(=O)OC)=C(C)C)[nH]c5c4)C3c3ccc(C(C)(C)C)cc3)cc2[nH]1)=C(C)C. The minimum absolute atomic E-state index is 0.0227. The number of ether oxygens (including phenoxy) is 2. The van der Waals surface area contributed by atoms with Gasteiger partial charge in [0.15, 0.2) is 0 Å². The fraction of sp³-hybridized carbons (Fsp3) is 0.451. The summed E-state index contributed by atoms with van der Waals surface area (Å²) in [6.07, 6.45) is 3.79. The van der Waals surface area contributed by atoms with E-state index in [-0.39, 0.29) is 58.5 Å². The summed E-state index contributed by atoms with van der Waals surface area (Å²) in [5, 5.41) is 5.25. The number of aromatic nitrogens is 4. The molecule has 0 unspecified atom stereocenters. The monoisotopic (exact) mass is 882 g/mol. The lowest BCUT2D eigenvalue weighted by atomic mass is 9.76. The molecule has 1 saturated carbocycles. The van der Waals surface area contributed by atoms with Crippen molar-refractivity contribution in [2.24, 2.45) is 0 Å². The average molecular weight is 883 g/mol. The van der Waals surface area contributed by atoms with Crippen LogP contribution in [-0.4, -0.2) is 81.0 Å². The molecular formula is C51H62N8O6. The largest absolute Gasteiger partial charge is 0.453 e. The molecule has 65 heavy (non-hydrogen) atoms. The number of aromatic amines is 2. The molecule has 2 saturated heterocycles. The number of hydrogen-bond acceptors (Lipinski definition) is 8. The molecule has 4 heterocycles. The minimum Gasteiger partial charge on any atom is -0.453 e. The van der Waals surface area contributed by atoms with Gasteiger partial charge in [0, 0.05) is 13.1 Å². The molecule has 14 heteroatoms. The highest BCUT2D eigenvalue weighted by molar-refractivity contribution is 5.98. The van der Waals surface area contributed by atoms with Gasteiger partial charge in [0.1, 0.15) is 23.0 Å². The van der Waals surface area contributed by atoms with E-state index in [0.29, 0.717) is 24.2 Å². The summed E-state index contributed by atoms with van der Waals surface area (Å²) < 4.78 is 9.60. The second-order valence-electron chi connectivity index (χ2n) is 19.3. The standard InChI is InChI=1S/C51H62N8O6/c1-28(2)43(56-49(62)64-8)47(60)58-24-10-12-40(58)45-52-36-22-16-31(26-38(36)54-45)34-20-21-35(42(34)30-14-18-33(19-15-30)51(5,6)7)32-17-23-37-39(27-32)55-46(53-37)41-13-11-25-59(41)48(61)44(29(3)4)57-50(63)65-9/h14-19,22-23,26-27,34-35,40-42H,10-13,20-21,24-25H2,1-9H3,(H,52,54)(H,53,55)(H,56,62)(H,57,63)/t34-,35-,40-,41-/m0/s1. The number of methoxy groups -OCH3 is 2. The second-order valence-corrected chi connectivity index (χ2v) is 19.3. The van der Waals surface area contributed by atoms with Crippen LogP contribution in [0.2, 0.25) is 0 Å². The van der Waals surface area contributed by atoms with E-state index in [1.165, 1.54) is 36.5 Å². The number of carbonyl (C=O) groups is 4. The van der Waals surface area contributed by atoms with E-state index in [4.69, 9.17) is 19.4 Å². The van der Waals surface area contributed by atoms with Gasteiger partial charge in [-0.1, -0.05) is 57.2 Å². The van der Waals surface area contributed by atoms with Crippen molar-refractivity contribution in [2.75, 3.05) is 27.3 Å². The van der Waals surface area contributed by atoms with Gasteiger partial charge >= 0.3 is 12.2 Å². The lowest BCUT2D eigenvalue weighted by Crippen LogP contribution is -2.39. The zero-order chi connectivity index (χ0) is 46.3. The van der Waals surface area contributed by atoms with Crippen LogP contribution in [0.5, 0.6) is 0 Å². The Hall–Kier alpha value is -6.44. The van der Waals surface area contributed by atoms with Crippen LogP contribution < -0.4 is 10.6 Å². The highest BCUT2D eigenvalue weighted by Crippen LogP contribution is 2.55. The number of carbonyl (C=O) groups excluding carboxylic acids is 4. The zero-order valence-electron chi connectivity index (χ0n) is 39.1. The summed E-state index contributed by atoms with van der Waals surface area (Å²) in [5.74, 6) is 1.60. The number of rotatable bonds is 9. The summed E-state index contributed by atoms with van der Waals surface area (Å²) in [6.45, 7) is 15.0. The molecule has 0 radical (unpaired) electrons. The molecule has 2 aliphatic heterocycles. The first kappa shape index (κ1) is 45.1. The summed E-state index contributed by atoms with van der Waals surface area (Å²) in [7, 11) is 2.56. The number of H-pyrrole nitrogens is 2. The number of nitrogens with zero attached hydrogens (tertiary/aromatic N) is 4. The lowest BCUT2D eigenvalue weighted by Gasteiger charge is -2.28. The van der Waals surface area contributed by atoms with Crippen molar-refractivity contribution in [3.05, 3.63) is 117 Å². The zero-order valence-corrected chi connectivity index (χ0v) is 39.1. The smallest absolute Gasteiger partial charge is 0.411 e. The van der Waals surface area contributed by atoms with Gasteiger partial charge in [-0.25, -0.2) is 19.6 Å². The first-order valence-electron chi connectivity index (χ1n) is 22.8. The number of hydrogen-bond donors (Lipinski definition) is 4. The Morgan fingerprint density at radius 3 is 1.42 bits per heavy atom. The van der Waals surface area contributed by atoms with Crippen molar-refractivity contribution in [2.45, 2.75) is 122 Å². The number of imidazole rings is 2. The molecule has 4 atom stereocenters. The molecule has 3 aromatic carbocycles. The van der Waals surface area contributed by atoms with E-state index < -0.39 is 12.2 Å². The third kappa shape index (κ3) is 8.99. The third-order valence-electron chi connectivity index (χ3n) is 13.6. The molecule has 1 aliphatic carbocycles. The molecule has 4 N–H and O–H groups in total. The number of alkyl carbamates (subject to hydrolysis) is 2.